The lowest BCUT2D eigenvalue weighted by Gasteiger charge is -2.16. The molecular weight excluding hydrogens is 705 g/mol. The van der Waals surface area contributed by atoms with Crippen LogP contribution in [0.4, 0.5) is 0 Å². The zero-order valence-electron chi connectivity index (χ0n) is 31.2. The fraction of sp³-hybridized carbons (Fsp3) is 0.348. The highest BCUT2D eigenvalue weighted by Gasteiger charge is 2.26. The first-order valence-electron chi connectivity index (χ1n) is 19.7. The van der Waals surface area contributed by atoms with E-state index >= 15 is 0 Å². The van der Waals surface area contributed by atoms with Crippen LogP contribution in [0.3, 0.4) is 0 Å². The summed E-state index contributed by atoms with van der Waals surface area (Å²) in [4.78, 5) is 16.8. The van der Waals surface area contributed by atoms with Crippen LogP contribution in [0.5, 0.6) is 0 Å². The first kappa shape index (κ1) is 34.7. The highest BCUT2D eigenvalue weighted by molar-refractivity contribution is 7.16. The van der Waals surface area contributed by atoms with E-state index in [1.165, 1.54) is 104 Å². The third kappa shape index (κ3) is 6.09. The predicted octanol–water partition coefficient (Wildman–Crippen LogP) is 14.7. The van der Waals surface area contributed by atoms with E-state index in [-0.39, 0.29) is 0 Å². The number of hydrogen-bond acceptors (Lipinski definition) is 7. The first-order valence-corrected chi connectivity index (χ1v) is 22.1. The number of fused-ring (bicyclic) bond motifs is 5. The lowest BCUT2D eigenvalue weighted by Crippen LogP contribution is -2.01. The van der Waals surface area contributed by atoms with E-state index in [2.05, 4.69) is 100 Å². The van der Waals surface area contributed by atoms with Crippen molar-refractivity contribution in [1.82, 2.24) is 18.7 Å². The van der Waals surface area contributed by atoms with Crippen molar-refractivity contribution in [3.8, 4) is 20.9 Å². The van der Waals surface area contributed by atoms with Gasteiger partial charge in [0.05, 0.1) is 22.8 Å². The van der Waals surface area contributed by atoms with Gasteiger partial charge in [-0.1, -0.05) is 128 Å². The van der Waals surface area contributed by atoms with Gasteiger partial charge in [-0.25, -0.2) is 9.97 Å². The summed E-state index contributed by atoms with van der Waals surface area (Å²) in [7, 11) is 0. The molecule has 5 aromatic carbocycles. The van der Waals surface area contributed by atoms with Gasteiger partial charge < -0.3 is 0 Å². The average Bonchev–Trinajstić information content (AvgIpc) is 3.98. The minimum atomic E-state index is 0.707. The Morgan fingerprint density at radius 1 is 0.509 bits per heavy atom. The van der Waals surface area contributed by atoms with Crippen LogP contribution in [0.2, 0.25) is 0 Å². The Morgan fingerprint density at radius 2 is 0.981 bits per heavy atom. The molecular formula is C46H46N4S3. The van der Waals surface area contributed by atoms with Crippen molar-refractivity contribution < 1.29 is 0 Å². The zero-order valence-corrected chi connectivity index (χ0v) is 33.6. The van der Waals surface area contributed by atoms with Crippen LogP contribution in [0.15, 0.2) is 72.8 Å². The summed E-state index contributed by atoms with van der Waals surface area (Å²) >= 11 is 5.12. The summed E-state index contributed by atoms with van der Waals surface area (Å²) in [6.07, 6.45) is 12.3. The van der Waals surface area contributed by atoms with Crippen molar-refractivity contribution in [2.24, 2.45) is 11.8 Å². The Kier molecular flexibility index (Phi) is 9.60. The summed E-state index contributed by atoms with van der Waals surface area (Å²) in [6, 6.07) is 27.0. The van der Waals surface area contributed by atoms with Crippen molar-refractivity contribution in [3.05, 3.63) is 82.6 Å². The molecule has 268 valence electrons. The number of aromatic nitrogens is 4. The largest absolute Gasteiger partial charge is 0.243 e. The Morgan fingerprint density at radius 3 is 1.42 bits per heavy atom. The first-order chi connectivity index (χ1) is 26.1. The lowest BCUT2D eigenvalue weighted by molar-refractivity contribution is 0.452. The number of unbranched alkanes of at least 4 members (excludes halogenated alkanes) is 2. The lowest BCUT2D eigenvalue weighted by atomic mass is 9.92. The number of benzene rings is 5. The third-order valence-electron chi connectivity index (χ3n) is 11.6. The van der Waals surface area contributed by atoms with Crippen LogP contribution < -0.4 is 0 Å². The summed E-state index contributed by atoms with van der Waals surface area (Å²) < 4.78 is 10.1. The van der Waals surface area contributed by atoms with Crippen LogP contribution in [0.1, 0.15) is 88.8 Å². The molecule has 53 heavy (non-hydrogen) atoms. The SMILES string of the molecule is CCCCC(CC)Cc1ccc(-c2c3nsnc3c(-c3ccc(CC(CC)CCCC)s3)c3nc4c5cccc6ccc7cccc(c4nc23)c7c65)s1. The molecule has 0 aliphatic heterocycles. The molecule has 0 amide bonds. The van der Waals surface area contributed by atoms with Crippen LogP contribution >= 0.6 is 34.4 Å². The second kappa shape index (κ2) is 14.7. The molecule has 2 atom stereocenters. The molecule has 2 unspecified atom stereocenters. The number of nitrogens with zero attached hydrogens (tertiary/aromatic N) is 4. The number of hydrogen-bond donors (Lipinski definition) is 0. The molecule has 7 heteroatoms. The summed E-state index contributed by atoms with van der Waals surface area (Å²) in [5.41, 5.74) is 7.81. The third-order valence-corrected chi connectivity index (χ3v) is 14.4. The van der Waals surface area contributed by atoms with E-state index in [0.29, 0.717) is 11.8 Å². The fourth-order valence-corrected chi connectivity index (χ4v) is 11.5. The van der Waals surface area contributed by atoms with Gasteiger partial charge >= 0.3 is 0 Å². The Bertz CT molecular complexity index is 2530. The number of rotatable bonds is 14. The minimum Gasteiger partial charge on any atom is -0.243 e. The van der Waals surface area contributed by atoms with Crippen LogP contribution in [-0.4, -0.2) is 18.7 Å². The smallest absolute Gasteiger partial charge is 0.116 e. The average molecular weight is 751 g/mol. The summed E-state index contributed by atoms with van der Waals surface area (Å²) in [5, 5.41) is 7.33. The van der Waals surface area contributed by atoms with Crippen molar-refractivity contribution >= 4 is 99.8 Å². The highest BCUT2D eigenvalue weighted by Crippen LogP contribution is 2.48. The molecule has 4 nitrogen and oxygen atoms in total. The summed E-state index contributed by atoms with van der Waals surface area (Å²) in [6.45, 7) is 9.27. The normalized spacial score (nSPS) is 13.5. The zero-order chi connectivity index (χ0) is 36.1. The molecule has 9 rings (SSSR count). The van der Waals surface area contributed by atoms with Crippen molar-refractivity contribution in [2.75, 3.05) is 0 Å². The molecule has 0 aliphatic carbocycles. The Labute approximate surface area is 324 Å². The summed E-state index contributed by atoms with van der Waals surface area (Å²) in [5.74, 6) is 1.41. The topological polar surface area (TPSA) is 51.6 Å². The van der Waals surface area contributed by atoms with Gasteiger partial charge in [-0.15, -0.1) is 22.7 Å². The quantitative estimate of drug-likeness (QED) is 0.0820. The van der Waals surface area contributed by atoms with Gasteiger partial charge in [0.25, 0.3) is 0 Å². The van der Waals surface area contributed by atoms with Crippen molar-refractivity contribution in [2.45, 2.75) is 91.9 Å². The van der Waals surface area contributed by atoms with Gasteiger partial charge in [0.1, 0.15) is 22.1 Å². The standard InChI is InChI=1S/C46H46N4S3/c1-5-9-13-27(7-3)25-31-21-23-35(51-31)39-43-44(40(46-45(39)49-53-50-46)36-24-22-32(52-36)26-28(8-4)14-10-6-2)48-42-34-18-12-16-30-20-19-29-15-11-17-33(41(42)47-43)37(29)38(30)34/h11-12,15-24,27-28H,5-10,13-14,25-26H2,1-4H3. The van der Waals surface area contributed by atoms with E-state index in [4.69, 9.17) is 18.7 Å². The molecule has 0 radical (unpaired) electrons. The molecule has 0 saturated heterocycles. The monoisotopic (exact) mass is 750 g/mol. The molecule has 0 saturated carbocycles. The fourth-order valence-electron chi connectivity index (χ4n) is 8.62. The van der Waals surface area contributed by atoms with E-state index in [1.807, 2.05) is 22.7 Å². The Balaban J connectivity index is 1.32. The van der Waals surface area contributed by atoms with Crippen LogP contribution in [0.25, 0.3) is 86.3 Å². The molecule has 0 N–H and O–H groups in total. The van der Waals surface area contributed by atoms with Gasteiger partial charge in [-0.3, -0.25) is 0 Å². The molecule has 0 bridgehead atoms. The van der Waals surface area contributed by atoms with Gasteiger partial charge in [-0.05, 0) is 70.5 Å². The molecule has 0 fully saturated rings. The van der Waals surface area contributed by atoms with Crippen molar-refractivity contribution in [3.63, 3.8) is 0 Å². The van der Waals surface area contributed by atoms with Gasteiger partial charge in [0.15, 0.2) is 0 Å². The Hall–Kier alpha value is -4.04. The van der Waals surface area contributed by atoms with Crippen molar-refractivity contribution in [1.29, 1.82) is 0 Å². The minimum absolute atomic E-state index is 0.707. The second-order valence-corrected chi connectivity index (χ2v) is 17.8. The van der Waals surface area contributed by atoms with Crippen LogP contribution in [0, 0.1) is 11.8 Å². The van der Waals surface area contributed by atoms with E-state index in [1.54, 1.807) is 0 Å². The molecule has 4 aromatic heterocycles. The molecule has 4 heterocycles. The maximum Gasteiger partial charge on any atom is 0.116 e. The van der Waals surface area contributed by atoms with Gasteiger partial charge in [0, 0.05) is 41.4 Å². The van der Waals surface area contributed by atoms with Gasteiger partial charge in [-0.2, -0.15) is 8.75 Å². The molecule has 9 aromatic rings. The van der Waals surface area contributed by atoms with Gasteiger partial charge in [0.2, 0.25) is 0 Å². The van der Waals surface area contributed by atoms with Crippen LogP contribution in [-0.2, 0) is 12.8 Å². The molecule has 0 aliphatic rings. The van der Waals surface area contributed by atoms with E-state index in [0.717, 1.165) is 67.8 Å². The second-order valence-electron chi connectivity index (χ2n) is 15.0. The maximum absolute atomic E-state index is 5.73. The molecule has 0 spiro atoms. The predicted molar refractivity (Wildman–Crippen MR) is 232 cm³/mol. The van der Waals surface area contributed by atoms with E-state index in [9.17, 15) is 0 Å². The number of thiophene rings is 2. The highest BCUT2D eigenvalue weighted by atomic mass is 32.1. The maximum atomic E-state index is 5.73. The van der Waals surface area contributed by atoms with E-state index < -0.39 is 0 Å².